The summed E-state index contributed by atoms with van der Waals surface area (Å²) in [5.74, 6) is -0.316. The van der Waals surface area contributed by atoms with E-state index in [0.29, 0.717) is 11.6 Å². The van der Waals surface area contributed by atoms with Crippen molar-refractivity contribution in [1.29, 1.82) is 0 Å². The number of amides is 1. The molecule has 0 saturated heterocycles. The van der Waals surface area contributed by atoms with E-state index < -0.39 is 0 Å². The number of benzene rings is 2. The zero-order valence-corrected chi connectivity index (χ0v) is 12.3. The molecule has 1 radical (unpaired) electrons. The average Bonchev–Trinajstić information content (AvgIpc) is 2.46. The fourth-order valence-corrected chi connectivity index (χ4v) is 3.14. The van der Waals surface area contributed by atoms with Crippen LogP contribution in [0, 0.1) is 6.07 Å². The van der Waals surface area contributed by atoms with E-state index in [2.05, 4.69) is 11.0 Å². The van der Waals surface area contributed by atoms with Crippen LogP contribution in [0.3, 0.4) is 0 Å². The normalized spacial score (nSPS) is 18.2. The molecule has 107 valence electrons. The van der Waals surface area contributed by atoms with Crippen LogP contribution in [-0.2, 0) is 17.8 Å². The second kappa shape index (κ2) is 5.88. The van der Waals surface area contributed by atoms with Crippen LogP contribution < -0.4 is 5.73 Å². The monoisotopic (exact) mass is 299 g/mol. The Hall–Kier alpha value is -1.84. The predicted molar refractivity (Wildman–Crippen MR) is 82.8 cm³/mol. The fraction of sp³-hybridized carbons (Fsp3) is 0.235. The summed E-state index contributed by atoms with van der Waals surface area (Å²) in [5.41, 5.74) is 8.87. The minimum absolute atomic E-state index is 0.316. The molecule has 21 heavy (non-hydrogen) atoms. The van der Waals surface area contributed by atoms with E-state index in [0.717, 1.165) is 29.7 Å². The van der Waals surface area contributed by atoms with Gasteiger partial charge in [-0.1, -0.05) is 41.9 Å². The van der Waals surface area contributed by atoms with Gasteiger partial charge in [-0.2, -0.15) is 0 Å². The molecule has 0 spiro atoms. The van der Waals surface area contributed by atoms with Crippen molar-refractivity contribution in [2.75, 3.05) is 6.54 Å². The van der Waals surface area contributed by atoms with Crippen LogP contribution in [0.2, 0.25) is 5.02 Å². The lowest BCUT2D eigenvalue weighted by molar-refractivity contribution is -0.124. The fourth-order valence-electron chi connectivity index (χ4n) is 2.92. The minimum Gasteiger partial charge on any atom is -0.368 e. The molecule has 2 aromatic rings. The molecule has 1 atom stereocenters. The van der Waals surface area contributed by atoms with E-state index >= 15 is 0 Å². The molecule has 3 nitrogen and oxygen atoms in total. The molecule has 0 aromatic heterocycles. The molecule has 0 bridgehead atoms. The molecule has 4 heteroatoms. The van der Waals surface area contributed by atoms with Gasteiger partial charge in [-0.15, -0.1) is 0 Å². The third kappa shape index (κ3) is 2.94. The quantitative estimate of drug-likeness (QED) is 0.947. The van der Waals surface area contributed by atoms with Gasteiger partial charge in [0.2, 0.25) is 5.91 Å². The van der Waals surface area contributed by atoms with Gasteiger partial charge >= 0.3 is 0 Å². The Kier molecular flexibility index (Phi) is 3.95. The van der Waals surface area contributed by atoms with Gasteiger partial charge in [-0.05, 0) is 41.3 Å². The first-order chi connectivity index (χ1) is 10.1. The van der Waals surface area contributed by atoms with Gasteiger partial charge in [0.05, 0.1) is 0 Å². The SMILES string of the molecule is NC(=O)C1c2cc[c]cc2CCN1Cc1cccc(Cl)c1. The van der Waals surface area contributed by atoms with Crippen molar-refractivity contribution < 1.29 is 4.79 Å². The largest absolute Gasteiger partial charge is 0.368 e. The van der Waals surface area contributed by atoms with Gasteiger partial charge in [0.1, 0.15) is 6.04 Å². The summed E-state index contributed by atoms with van der Waals surface area (Å²) in [6, 6.07) is 16.1. The molecular formula is C17H16ClN2O. The van der Waals surface area contributed by atoms with Crippen LogP contribution in [-0.4, -0.2) is 17.4 Å². The standard InChI is InChI=1S/C17H16ClN2O/c18-14-6-3-4-12(10-14)11-20-9-8-13-5-1-2-7-15(13)16(20)17(19)21/h2-7,10,16H,8-9,11H2,(H2,19,21). The number of carbonyl (C=O) groups is 1. The molecular weight excluding hydrogens is 284 g/mol. The molecule has 0 saturated carbocycles. The van der Waals surface area contributed by atoms with Crippen molar-refractivity contribution in [2.24, 2.45) is 5.73 Å². The van der Waals surface area contributed by atoms with Crippen LogP contribution in [0.1, 0.15) is 22.7 Å². The average molecular weight is 300 g/mol. The third-order valence-electron chi connectivity index (χ3n) is 3.86. The van der Waals surface area contributed by atoms with E-state index in [1.165, 1.54) is 0 Å². The molecule has 1 aliphatic rings. The van der Waals surface area contributed by atoms with Crippen molar-refractivity contribution >= 4 is 17.5 Å². The summed E-state index contributed by atoms with van der Waals surface area (Å²) in [7, 11) is 0. The predicted octanol–water partition coefficient (Wildman–Crippen LogP) is 2.72. The molecule has 1 unspecified atom stereocenters. The second-order valence-corrected chi connectivity index (χ2v) is 5.72. The highest BCUT2D eigenvalue weighted by Gasteiger charge is 2.31. The first-order valence-corrected chi connectivity index (χ1v) is 7.29. The van der Waals surface area contributed by atoms with E-state index in [4.69, 9.17) is 17.3 Å². The summed E-state index contributed by atoms with van der Waals surface area (Å²) in [6.07, 6.45) is 0.900. The van der Waals surface area contributed by atoms with Gasteiger partial charge < -0.3 is 5.73 Å². The van der Waals surface area contributed by atoms with E-state index in [1.807, 2.05) is 42.5 Å². The van der Waals surface area contributed by atoms with Crippen molar-refractivity contribution in [3.63, 3.8) is 0 Å². The number of nitrogens with two attached hydrogens (primary N) is 1. The first kappa shape index (κ1) is 14.1. The lowest BCUT2D eigenvalue weighted by atomic mass is 9.92. The zero-order valence-electron chi connectivity index (χ0n) is 11.6. The lowest BCUT2D eigenvalue weighted by Gasteiger charge is -2.35. The Labute approximate surface area is 129 Å². The number of primary amides is 1. The molecule has 1 heterocycles. The summed E-state index contributed by atoms with van der Waals surface area (Å²) in [4.78, 5) is 14.0. The number of nitrogens with zero attached hydrogens (tertiary/aromatic N) is 1. The van der Waals surface area contributed by atoms with E-state index in [1.54, 1.807) is 0 Å². The number of hydrogen-bond donors (Lipinski definition) is 1. The van der Waals surface area contributed by atoms with Gasteiger partial charge in [0, 0.05) is 18.1 Å². The Bertz CT molecular complexity index is 671. The molecule has 3 rings (SSSR count). The number of halogens is 1. The summed E-state index contributed by atoms with van der Waals surface area (Å²) < 4.78 is 0. The van der Waals surface area contributed by atoms with E-state index in [-0.39, 0.29) is 11.9 Å². The second-order valence-electron chi connectivity index (χ2n) is 5.28. The Morgan fingerprint density at radius 2 is 2.29 bits per heavy atom. The van der Waals surface area contributed by atoms with Gasteiger partial charge in [0.25, 0.3) is 0 Å². The highest BCUT2D eigenvalue weighted by molar-refractivity contribution is 6.30. The van der Waals surface area contributed by atoms with Crippen LogP contribution in [0.5, 0.6) is 0 Å². The van der Waals surface area contributed by atoms with E-state index in [9.17, 15) is 4.79 Å². The number of fused-ring (bicyclic) bond motifs is 1. The van der Waals surface area contributed by atoms with Crippen molar-refractivity contribution in [2.45, 2.75) is 19.0 Å². The number of rotatable bonds is 3. The maximum atomic E-state index is 11.9. The van der Waals surface area contributed by atoms with Crippen molar-refractivity contribution in [1.82, 2.24) is 4.90 Å². The van der Waals surface area contributed by atoms with Gasteiger partial charge in [-0.25, -0.2) is 0 Å². The smallest absolute Gasteiger partial charge is 0.239 e. The summed E-state index contributed by atoms with van der Waals surface area (Å²) >= 11 is 6.03. The molecule has 0 fully saturated rings. The van der Waals surface area contributed by atoms with Crippen LogP contribution in [0.25, 0.3) is 0 Å². The molecule has 2 aromatic carbocycles. The molecule has 0 aliphatic carbocycles. The maximum Gasteiger partial charge on any atom is 0.239 e. The number of carbonyl (C=O) groups excluding carboxylic acids is 1. The van der Waals surface area contributed by atoms with Crippen LogP contribution in [0.15, 0.2) is 42.5 Å². The van der Waals surface area contributed by atoms with Crippen LogP contribution >= 0.6 is 11.6 Å². The highest BCUT2D eigenvalue weighted by Crippen LogP contribution is 2.30. The topological polar surface area (TPSA) is 46.3 Å². The van der Waals surface area contributed by atoms with Gasteiger partial charge in [-0.3, -0.25) is 9.69 Å². The lowest BCUT2D eigenvalue weighted by Crippen LogP contribution is -2.42. The zero-order chi connectivity index (χ0) is 14.8. The highest BCUT2D eigenvalue weighted by atomic mass is 35.5. The maximum absolute atomic E-state index is 11.9. The molecule has 1 aliphatic heterocycles. The molecule has 1 amide bonds. The third-order valence-corrected chi connectivity index (χ3v) is 4.09. The first-order valence-electron chi connectivity index (χ1n) is 6.92. The van der Waals surface area contributed by atoms with Gasteiger partial charge in [0.15, 0.2) is 0 Å². The van der Waals surface area contributed by atoms with Crippen molar-refractivity contribution in [3.05, 3.63) is 70.2 Å². The molecule has 2 N–H and O–H groups in total. The summed E-state index contributed by atoms with van der Waals surface area (Å²) in [5, 5.41) is 0.704. The van der Waals surface area contributed by atoms with Crippen molar-refractivity contribution in [3.8, 4) is 0 Å². The van der Waals surface area contributed by atoms with Crippen LogP contribution in [0.4, 0.5) is 0 Å². The number of hydrogen-bond acceptors (Lipinski definition) is 2. The minimum atomic E-state index is -0.387. The summed E-state index contributed by atoms with van der Waals surface area (Å²) in [6.45, 7) is 1.46. The Morgan fingerprint density at radius 1 is 1.43 bits per heavy atom. The Balaban J connectivity index is 1.91. The Morgan fingerprint density at radius 3 is 3.05 bits per heavy atom.